The molecule has 1 saturated heterocycles. The first kappa shape index (κ1) is 22.0. The second-order valence-electron chi connectivity index (χ2n) is 7.72. The lowest BCUT2D eigenvalue weighted by molar-refractivity contribution is -0.121. The highest BCUT2D eigenvalue weighted by Gasteiger charge is 2.28. The number of aliphatic imine (C=N–C) groups is 2. The van der Waals surface area contributed by atoms with Gasteiger partial charge in [-0.15, -0.1) is 0 Å². The summed E-state index contributed by atoms with van der Waals surface area (Å²) in [6.45, 7) is 5.00. The SMILES string of the molecule is COc1ccc(C2C(C)=Nc3ccccc3N=C2NC(=O)CN2CCOCC2)cc1OC. The van der Waals surface area contributed by atoms with Gasteiger partial charge in [-0.1, -0.05) is 18.2 Å². The number of amides is 1. The Bertz CT molecular complexity index is 1040. The number of amidine groups is 1. The minimum atomic E-state index is -0.337. The highest BCUT2D eigenvalue weighted by atomic mass is 16.5. The fourth-order valence-electron chi connectivity index (χ4n) is 3.98. The minimum absolute atomic E-state index is 0.108. The molecule has 0 radical (unpaired) electrons. The van der Waals surface area contributed by atoms with E-state index in [2.05, 4.69) is 10.2 Å². The quantitative estimate of drug-likeness (QED) is 0.779. The third-order valence-corrected chi connectivity index (χ3v) is 5.59. The zero-order valence-corrected chi connectivity index (χ0v) is 18.6. The lowest BCUT2D eigenvalue weighted by Gasteiger charge is -2.26. The number of hydrogen-bond acceptors (Lipinski definition) is 7. The molecule has 4 rings (SSSR count). The largest absolute Gasteiger partial charge is 0.493 e. The van der Waals surface area contributed by atoms with Gasteiger partial charge in [-0.3, -0.25) is 14.7 Å². The Morgan fingerprint density at radius 1 is 1.06 bits per heavy atom. The lowest BCUT2D eigenvalue weighted by Crippen LogP contribution is -2.46. The van der Waals surface area contributed by atoms with Crippen LogP contribution in [0.2, 0.25) is 0 Å². The molecular weight excluding hydrogens is 408 g/mol. The predicted octanol–water partition coefficient (Wildman–Crippen LogP) is 3.07. The number of fused-ring (bicyclic) bond motifs is 1. The molecule has 0 aromatic heterocycles. The molecule has 1 atom stereocenters. The summed E-state index contributed by atoms with van der Waals surface area (Å²) in [6, 6.07) is 13.4. The van der Waals surface area contributed by atoms with Crippen LogP contribution in [0.1, 0.15) is 18.4 Å². The van der Waals surface area contributed by atoms with Crippen LogP contribution in [0.15, 0.2) is 52.4 Å². The van der Waals surface area contributed by atoms with Crippen LogP contribution in [0.5, 0.6) is 11.5 Å². The van der Waals surface area contributed by atoms with Crippen LogP contribution in [0.3, 0.4) is 0 Å². The molecule has 0 saturated carbocycles. The third kappa shape index (κ3) is 4.81. The van der Waals surface area contributed by atoms with Crippen LogP contribution in [-0.2, 0) is 9.53 Å². The van der Waals surface area contributed by atoms with Gasteiger partial charge in [0.15, 0.2) is 11.5 Å². The number of benzene rings is 2. The van der Waals surface area contributed by atoms with E-state index in [9.17, 15) is 4.79 Å². The highest BCUT2D eigenvalue weighted by molar-refractivity contribution is 6.17. The predicted molar refractivity (Wildman–Crippen MR) is 124 cm³/mol. The number of rotatable bonds is 5. The van der Waals surface area contributed by atoms with Crippen molar-refractivity contribution in [1.82, 2.24) is 10.2 Å². The molecule has 0 spiro atoms. The van der Waals surface area contributed by atoms with Gasteiger partial charge >= 0.3 is 0 Å². The summed E-state index contributed by atoms with van der Waals surface area (Å²) in [5, 5.41) is 3.07. The molecule has 2 aliphatic heterocycles. The van der Waals surface area contributed by atoms with Gasteiger partial charge in [-0.2, -0.15) is 0 Å². The monoisotopic (exact) mass is 436 g/mol. The van der Waals surface area contributed by atoms with Crippen molar-refractivity contribution in [2.45, 2.75) is 12.8 Å². The molecule has 32 heavy (non-hydrogen) atoms. The number of para-hydroxylation sites is 2. The Hall–Kier alpha value is -3.23. The Morgan fingerprint density at radius 3 is 2.44 bits per heavy atom. The van der Waals surface area contributed by atoms with E-state index in [-0.39, 0.29) is 11.8 Å². The van der Waals surface area contributed by atoms with Gasteiger partial charge in [0.25, 0.3) is 0 Å². The fourth-order valence-corrected chi connectivity index (χ4v) is 3.98. The zero-order valence-electron chi connectivity index (χ0n) is 18.6. The second kappa shape index (κ2) is 9.93. The van der Waals surface area contributed by atoms with E-state index in [0.29, 0.717) is 37.1 Å². The van der Waals surface area contributed by atoms with Crippen LogP contribution in [0.4, 0.5) is 11.4 Å². The van der Waals surface area contributed by atoms with Crippen molar-refractivity contribution in [3.8, 4) is 11.5 Å². The van der Waals surface area contributed by atoms with Crippen molar-refractivity contribution < 1.29 is 19.0 Å². The van der Waals surface area contributed by atoms with Crippen molar-refractivity contribution in [1.29, 1.82) is 0 Å². The number of carbonyl (C=O) groups is 1. The maximum absolute atomic E-state index is 13.0. The molecule has 0 aliphatic carbocycles. The zero-order chi connectivity index (χ0) is 22.5. The summed E-state index contributed by atoms with van der Waals surface area (Å²) in [4.78, 5) is 24.7. The average Bonchev–Trinajstić information content (AvgIpc) is 2.94. The Kier molecular flexibility index (Phi) is 6.82. The van der Waals surface area contributed by atoms with Gasteiger partial charge < -0.3 is 19.5 Å². The number of hydrogen-bond donors (Lipinski definition) is 1. The van der Waals surface area contributed by atoms with Gasteiger partial charge in [0.2, 0.25) is 5.91 Å². The molecule has 1 N–H and O–H groups in total. The third-order valence-electron chi connectivity index (χ3n) is 5.59. The summed E-state index contributed by atoms with van der Waals surface area (Å²) in [7, 11) is 3.20. The Labute approximate surface area is 187 Å². The highest BCUT2D eigenvalue weighted by Crippen LogP contribution is 2.36. The van der Waals surface area contributed by atoms with Gasteiger partial charge in [-0.25, -0.2) is 4.99 Å². The van der Waals surface area contributed by atoms with Gasteiger partial charge in [0.05, 0.1) is 51.3 Å². The summed E-state index contributed by atoms with van der Waals surface area (Å²) in [5.41, 5.74) is 3.22. The number of nitrogens with zero attached hydrogens (tertiary/aromatic N) is 3. The molecule has 0 bridgehead atoms. The van der Waals surface area contributed by atoms with E-state index in [1.165, 1.54) is 0 Å². The van der Waals surface area contributed by atoms with E-state index in [1.54, 1.807) is 14.2 Å². The molecule has 2 aliphatic rings. The van der Waals surface area contributed by atoms with E-state index in [1.807, 2.05) is 49.4 Å². The molecule has 2 heterocycles. The smallest absolute Gasteiger partial charge is 0.239 e. The molecule has 2 aromatic carbocycles. The summed E-state index contributed by atoms with van der Waals surface area (Å²) >= 11 is 0. The van der Waals surface area contributed by atoms with Crippen molar-refractivity contribution in [3.05, 3.63) is 48.0 Å². The van der Waals surface area contributed by atoms with Crippen LogP contribution in [0, 0.1) is 0 Å². The van der Waals surface area contributed by atoms with Crippen molar-refractivity contribution >= 4 is 28.8 Å². The first-order chi connectivity index (χ1) is 15.6. The van der Waals surface area contributed by atoms with Gasteiger partial charge in [-0.05, 0) is 36.8 Å². The van der Waals surface area contributed by atoms with Crippen LogP contribution >= 0.6 is 0 Å². The summed E-state index contributed by atoms with van der Waals surface area (Å²) < 4.78 is 16.3. The van der Waals surface area contributed by atoms with Crippen molar-refractivity contribution in [2.75, 3.05) is 47.1 Å². The second-order valence-corrected chi connectivity index (χ2v) is 7.72. The van der Waals surface area contributed by atoms with E-state index >= 15 is 0 Å². The fraction of sp³-hybridized carbons (Fsp3) is 0.375. The summed E-state index contributed by atoms with van der Waals surface area (Å²) in [5.74, 6) is 1.34. The molecule has 1 unspecified atom stereocenters. The Balaban J connectivity index is 1.70. The number of nitrogens with one attached hydrogen (secondary N) is 1. The first-order valence-corrected chi connectivity index (χ1v) is 10.6. The van der Waals surface area contributed by atoms with Crippen molar-refractivity contribution in [3.63, 3.8) is 0 Å². The molecule has 8 nitrogen and oxygen atoms in total. The van der Waals surface area contributed by atoms with Crippen LogP contribution < -0.4 is 14.8 Å². The Morgan fingerprint density at radius 2 is 1.75 bits per heavy atom. The molecule has 1 fully saturated rings. The van der Waals surface area contributed by atoms with Crippen molar-refractivity contribution in [2.24, 2.45) is 9.98 Å². The molecule has 2 aromatic rings. The van der Waals surface area contributed by atoms with E-state index in [0.717, 1.165) is 35.7 Å². The van der Waals surface area contributed by atoms with E-state index in [4.69, 9.17) is 24.2 Å². The van der Waals surface area contributed by atoms with Gasteiger partial charge in [0, 0.05) is 18.8 Å². The summed E-state index contributed by atoms with van der Waals surface area (Å²) in [6.07, 6.45) is 0. The molecule has 1 amide bonds. The lowest BCUT2D eigenvalue weighted by atomic mass is 9.92. The number of carbonyl (C=O) groups excluding carboxylic acids is 1. The van der Waals surface area contributed by atoms with Crippen LogP contribution in [0.25, 0.3) is 0 Å². The number of methoxy groups -OCH3 is 2. The topological polar surface area (TPSA) is 84.8 Å². The van der Waals surface area contributed by atoms with E-state index < -0.39 is 0 Å². The number of ether oxygens (including phenoxy) is 3. The molecular formula is C24H28N4O4. The standard InChI is InChI=1S/C24H28N4O4/c1-16-23(17-8-9-20(30-2)21(14-17)31-3)24(26-19-7-5-4-6-18(19)25-16)27-22(29)15-28-10-12-32-13-11-28/h4-9,14,23H,10-13,15H2,1-3H3,(H,26,27,29). The van der Waals surface area contributed by atoms with Gasteiger partial charge in [0.1, 0.15) is 5.84 Å². The minimum Gasteiger partial charge on any atom is -0.493 e. The van der Waals surface area contributed by atoms with Crippen LogP contribution in [-0.4, -0.2) is 69.4 Å². The maximum atomic E-state index is 13.0. The normalized spacial score (nSPS) is 18.7. The molecule has 168 valence electrons. The average molecular weight is 437 g/mol. The first-order valence-electron chi connectivity index (χ1n) is 10.6. The molecule has 8 heteroatoms. The number of morpholine rings is 1. The maximum Gasteiger partial charge on any atom is 0.239 e.